The summed E-state index contributed by atoms with van der Waals surface area (Å²) in [6.45, 7) is 6.06. The Bertz CT molecular complexity index is 1360. The number of rotatable bonds is 7. The van der Waals surface area contributed by atoms with Gasteiger partial charge in [-0.25, -0.2) is 9.37 Å². The van der Waals surface area contributed by atoms with Crippen LogP contribution >= 0.6 is 11.3 Å². The minimum absolute atomic E-state index is 0.0221. The molecule has 8 nitrogen and oxygen atoms in total. The van der Waals surface area contributed by atoms with E-state index in [-0.39, 0.29) is 43.8 Å². The molecule has 0 bridgehead atoms. The molecule has 0 radical (unpaired) electrons. The van der Waals surface area contributed by atoms with E-state index in [1.165, 1.54) is 17.0 Å². The highest BCUT2D eigenvalue weighted by Gasteiger charge is 2.46. The molecule has 1 unspecified atom stereocenters. The summed E-state index contributed by atoms with van der Waals surface area (Å²) in [4.78, 5) is 35.5. The summed E-state index contributed by atoms with van der Waals surface area (Å²) in [5.41, 5.74) is 5.57. The summed E-state index contributed by atoms with van der Waals surface area (Å²) in [7, 11) is 0. The first kappa shape index (κ1) is 27.4. The quantitative estimate of drug-likeness (QED) is 0.415. The number of nitrogens with one attached hydrogen (secondary N) is 1. The topological polar surface area (TPSA) is 106 Å². The van der Waals surface area contributed by atoms with Gasteiger partial charge in [-0.2, -0.15) is 0 Å². The van der Waals surface area contributed by atoms with Crippen molar-refractivity contribution in [2.24, 2.45) is 5.92 Å². The molecule has 2 amide bonds. The van der Waals surface area contributed by atoms with E-state index in [9.17, 15) is 24.2 Å². The zero-order valence-electron chi connectivity index (χ0n) is 22.2. The first-order valence-corrected chi connectivity index (χ1v) is 14.0. The first-order chi connectivity index (χ1) is 18.7. The van der Waals surface area contributed by atoms with Crippen LogP contribution in [0, 0.1) is 18.7 Å². The minimum Gasteiger partial charge on any atom is -0.391 e. The number of carbonyl (C=O) groups excluding carboxylic acids is 2. The number of aliphatic hydroxyl groups is 2. The molecule has 1 fully saturated rings. The van der Waals surface area contributed by atoms with E-state index in [1.807, 2.05) is 50.5 Å². The molecule has 2 aliphatic rings. The lowest BCUT2D eigenvalue weighted by Gasteiger charge is -2.36. The Kier molecular flexibility index (Phi) is 7.82. The third-order valence-electron chi connectivity index (χ3n) is 7.62. The van der Waals surface area contributed by atoms with Gasteiger partial charge >= 0.3 is 0 Å². The van der Waals surface area contributed by atoms with E-state index in [2.05, 4.69) is 10.3 Å². The molecule has 5 rings (SSSR count). The number of amides is 2. The number of aliphatic hydroxyl groups excluding tert-OH is 2. The van der Waals surface area contributed by atoms with Crippen molar-refractivity contribution < 1.29 is 24.2 Å². The van der Waals surface area contributed by atoms with Gasteiger partial charge in [-0.1, -0.05) is 50.2 Å². The second-order valence-electron chi connectivity index (χ2n) is 10.6. The summed E-state index contributed by atoms with van der Waals surface area (Å²) < 4.78 is 14.4. The average molecular weight is 553 g/mol. The predicted molar refractivity (Wildman–Crippen MR) is 146 cm³/mol. The molecule has 0 saturated carbocycles. The van der Waals surface area contributed by atoms with Gasteiger partial charge in [0.15, 0.2) is 0 Å². The molecular weight excluding hydrogens is 519 g/mol. The first-order valence-electron chi connectivity index (χ1n) is 13.1. The number of β-amino-alcohol motifs (C(OH)–C–C–N with tert-alkyl or cyclic N) is 1. The van der Waals surface area contributed by atoms with E-state index >= 15 is 0 Å². The minimum atomic E-state index is -1.14. The number of likely N-dealkylation sites (tertiary alicyclic amines) is 1. The van der Waals surface area contributed by atoms with Crippen molar-refractivity contribution in [1.82, 2.24) is 20.1 Å². The lowest BCUT2D eigenvalue weighted by atomic mass is 10.00. The fourth-order valence-corrected chi connectivity index (χ4v) is 6.44. The Morgan fingerprint density at radius 1 is 1.18 bits per heavy atom. The number of nitrogens with zero attached hydrogens (tertiary/aromatic N) is 3. The van der Waals surface area contributed by atoms with Gasteiger partial charge in [0.1, 0.15) is 18.1 Å². The maximum absolute atomic E-state index is 14.4. The van der Waals surface area contributed by atoms with Crippen LogP contribution in [0.3, 0.4) is 0 Å². The number of aryl methyl sites for hydroxylation is 1. The van der Waals surface area contributed by atoms with Crippen LogP contribution < -0.4 is 5.32 Å². The SMILES string of the molecule is Cc1ncsc1-c1ccc(CNC(=O)[C@@H]2C[C@@H](O)CN2C(=O)[C@H](C(C)C)N2Cc3c(F)cccc3C2O)cc1. The van der Waals surface area contributed by atoms with Gasteiger partial charge in [0.25, 0.3) is 0 Å². The van der Waals surface area contributed by atoms with Crippen LogP contribution in [-0.2, 0) is 22.7 Å². The van der Waals surface area contributed by atoms with Crippen molar-refractivity contribution in [2.75, 3.05) is 6.54 Å². The monoisotopic (exact) mass is 552 g/mol. The molecule has 0 spiro atoms. The van der Waals surface area contributed by atoms with Crippen LogP contribution in [0.1, 0.15) is 48.9 Å². The van der Waals surface area contributed by atoms with Crippen molar-refractivity contribution in [1.29, 1.82) is 0 Å². The average Bonchev–Trinajstić information content (AvgIpc) is 3.61. The number of hydrogen-bond donors (Lipinski definition) is 3. The molecule has 10 heteroatoms. The molecule has 1 saturated heterocycles. The Morgan fingerprint density at radius 3 is 2.56 bits per heavy atom. The van der Waals surface area contributed by atoms with Crippen LogP contribution in [0.2, 0.25) is 0 Å². The second kappa shape index (κ2) is 11.1. The molecule has 3 heterocycles. The van der Waals surface area contributed by atoms with Crippen molar-refractivity contribution in [3.63, 3.8) is 0 Å². The largest absolute Gasteiger partial charge is 0.391 e. The smallest absolute Gasteiger partial charge is 0.243 e. The van der Waals surface area contributed by atoms with Crippen LogP contribution in [0.15, 0.2) is 48.0 Å². The van der Waals surface area contributed by atoms with Crippen LogP contribution in [0.4, 0.5) is 4.39 Å². The number of carbonyl (C=O) groups is 2. The fraction of sp³-hybridized carbons (Fsp3) is 0.414. The second-order valence-corrected chi connectivity index (χ2v) is 11.5. The highest BCUT2D eigenvalue weighted by atomic mass is 32.1. The molecule has 3 N–H and O–H groups in total. The summed E-state index contributed by atoms with van der Waals surface area (Å²) in [5.74, 6) is -1.36. The van der Waals surface area contributed by atoms with Gasteiger partial charge in [0, 0.05) is 37.2 Å². The molecule has 0 aliphatic carbocycles. The molecule has 3 aromatic rings. The summed E-state index contributed by atoms with van der Waals surface area (Å²) >= 11 is 1.58. The van der Waals surface area contributed by atoms with Crippen molar-refractivity contribution in [2.45, 2.75) is 64.7 Å². The van der Waals surface area contributed by atoms with Gasteiger partial charge in [-0.3, -0.25) is 14.5 Å². The maximum atomic E-state index is 14.4. The Hall–Kier alpha value is -3.18. The number of halogens is 1. The number of benzene rings is 2. The summed E-state index contributed by atoms with van der Waals surface area (Å²) in [5, 5.41) is 24.3. The van der Waals surface area contributed by atoms with E-state index in [4.69, 9.17) is 0 Å². The van der Waals surface area contributed by atoms with Gasteiger partial charge in [-0.05, 0) is 30.0 Å². The predicted octanol–water partition coefficient (Wildman–Crippen LogP) is 3.37. The third kappa shape index (κ3) is 5.34. The number of hydrogen-bond acceptors (Lipinski definition) is 7. The number of fused-ring (bicyclic) bond motifs is 1. The number of aromatic nitrogens is 1. The lowest BCUT2D eigenvalue weighted by Crippen LogP contribution is -2.54. The van der Waals surface area contributed by atoms with Gasteiger partial charge in [0.05, 0.1) is 28.2 Å². The summed E-state index contributed by atoms with van der Waals surface area (Å²) in [6, 6.07) is 10.8. The van der Waals surface area contributed by atoms with Gasteiger partial charge in [0.2, 0.25) is 11.8 Å². The third-order valence-corrected chi connectivity index (χ3v) is 8.60. The van der Waals surface area contributed by atoms with Gasteiger partial charge in [-0.15, -0.1) is 11.3 Å². The molecule has 2 aliphatic heterocycles. The Labute approximate surface area is 231 Å². The van der Waals surface area contributed by atoms with E-state index in [0.29, 0.717) is 11.1 Å². The van der Waals surface area contributed by atoms with Crippen LogP contribution in [-0.4, -0.2) is 61.5 Å². The van der Waals surface area contributed by atoms with Crippen molar-refractivity contribution in [3.05, 3.63) is 76.2 Å². The van der Waals surface area contributed by atoms with E-state index < -0.39 is 30.2 Å². The Balaban J connectivity index is 1.28. The highest BCUT2D eigenvalue weighted by molar-refractivity contribution is 7.13. The molecule has 206 valence electrons. The van der Waals surface area contributed by atoms with Crippen LogP contribution in [0.25, 0.3) is 10.4 Å². The fourth-order valence-electron chi connectivity index (χ4n) is 5.63. The lowest BCUT2D eigenvalue weighted by molar-refractivity contribution is -0.149. The molecule has 39 heavy (non-hydrogen) atoms. The maximum Gasteiger partial charge on any atom is 0.243 e. The highest BCUT2D eigenvalue weighted by Crippen LogP contribution is 2.37. The normalized spacial score (nSPS) is 21.8. The molecular formula is C29H33FN4O4S. The standard InChI is InChI=1S/C29H33FN4O4S/c1-16(2)25(34-14-22-21(28(34)37)5-4-6-23(22)30)29(38)33-13-20(35)11-24(33)27(36)31-12-18-7-9-19(10-8-18)26-17(3)32-15-39-26/h4-10,15-16,20,24-25,28,35,37H,11-14H2,1-3H3,(H,31,36)/t20-,24+,25+,28?/m1/s1. The van der Waals surface area contributed by atoms with Gasteiger partial charge < -0.3 is 20.4 Å². The van der Waals surface area contributed by atoms with E-state index in [1.54, 1.807) is 22.3 Å². The van der Waals surface area contributed by atoms with Crippen molar-refractivity contribution in [3.8, 4) is 10.4 Å². The van der Waals surface area contributed by atoms with E-state index in [0.717, 1.165) is 21.7 Å². The van der Waals surface area contributed by atoms with Crippen molar-refractivity contribution >= 4 is 23.2 Å². The molecule has 4 atom stereocenters. The van der Waals surface area contributed by atoms with Crippen LogP contribution in [0.5, 0.6) is 0 Å². The Morgan fingerprint density at radius 2 is 1.92 bits per heavy atom. The summed E-state index contributed by atoms with van der Waals surface area (Å²) in [6.07, 6.45) is -1.84. The number of thiazole rings is 1. The molecule has 2 aromatic carbocycles. The molecule has 1 aromatic heterocycles. The zero-order valence-corrected chi connectivity index (χ0v) is 23.0. The zero-order chi connectivity index (χ0) is 27.8.